The second-order valence-electron chi connectivity index (χ2n) is 3.41. The molecule has 0 fully saturated rings. The van der Waals surface area contributed by atoms with Crippen molar-refractivity contribution >= 4 is 11.8 Å². The van der Waals surface area contributed by atoms with E-state index < -0.39 is 0 Å². The zero-order chi connectivity index (χ0) is 10.4. The molecule has 1 heterocycles. The van der Waals surface area contributed by atoms with Crippen LogP contribution < -0.4 is 5.73 Å². The molecule has 0 saturated heterocycles. The van der Waals surface area contributed by atoms with Gasteiger partial charge in [-0.15, -0.1) is 0 Å². The molecule has 1 aromatic heterocycles. The van der Waals surface area contributed by atoms with Gasteiger partial charge < -0.3 is 10.3 Å². The van der Waals surface area contributed by atoms with Gasteiger partial charge in [-0.2, -0.15) is 11.8 Å². The number of aromatic nitrogens is 2. The lowest BCUT2D eigenvalue weighted by molar-refractivity contribution is 0.717. The molecule has 2 N–H and O–H groups in total. The van der Waals surface area contributed by atoms with Crippen molar-refractivity contribution in [3.05, 3.63) is 18.2 Å². The van der Waals surface area contributed by atoms with Crippen LogP contribution in [0.15, 0.2) is 12.4 Å². The van der Waals surface area contributed by atoms with Gasteiger partial charge in [0.25, 0.3) is 0 Å². The molecule has 0 spiro atoms. The van der Waals surface area contributed by atoms with E-state index in [9.17, 15) is 0 Å². The zero-order valence-electron chi connectivity index (χ0n) is 8.94. The second kappa shape index (κ2) is 6.09. The van der Waals surface area contributed by atoms with Crippen molar-refractivity contribution in [2.24, 2.45) is 5.73 Å². The predicted octanol–water partition coefficient (Wildman–Crippen LogP) is 1.66. The van der Waals surface area contributed by atoms with E-state index in [4.69, 9.17) is 5.73 Å². The number of rotatable bonds is 6. The minimum atomic E-state index is 0.351. The topological polar surface area (TPSA) is 43.8 Å². The van der Waals surface area contributed by atoms with Gasteiger partial charge in [0.15, 0.2) is 0 Å². The summed E-state index contributed by atoms with van der Waals surface area (Å²) in [7, 11) is 0. The molecule has 0 bridgehead atoms. The van der Waals surface area contributed by atoms with Crippen LogP contribution in [0.5, 0.6) is 0 Å². The summed E-state index contributed by atoms with van der Waals surface area (Å²) in [4.78, 5) is 4.18. The molecule has 1 unspecified atom stereocenters. The number of nitrogens with zero attached hydrogens (tertiary/aromatic N) is 2. The van der Waals surface area contributed by atoms with Crippen molar-refractivity contribution in [2.75, 3.05) is 11.5 Å². The second-order valence-corrected chi connectivity index (χ2v) is 4.56. The Kier molecular flexibility index (Phi) is 5.04. The molecular formula is C10H19N3S. The molecule has 0 aromatic carbocycles. The summed E-state index contributed by atoms with van der Waals surface area (Å²) in [5.41, 5.74) is 5.82. The molecule has 0 amide bonds. The molecule has 0 radical (unpaired) electrons. The van der Waals surface area contributed by atoms with Crippen LogP contribution in [0.3, 0.4) is 0 Å². The maximum absolute atomic E-state index is 5.82. The molecule has 3 nitrogen and oxygen atoms in total. The first-order valence-corrected chi connectivity index (χ1v) is 6.20. The van der Waals surface area contributed by atoms with Crippen molar-refractivity contribution in [3.8, 4) is 0 Å². The van der Waals surface area contributed by atoms with Gasteiger partial charge in [-0.05, 0) is 13.3 Å². The molecular weight excluding hydrogens is 194 g/mol. The largest absolute Gasteiger partial charge is 0.334 e. The third-order valence-electron chi connectivity index (χ3n) is 2.26. The smallest absolute Gasteiger partial charge is 0.105 e. The monoisotopic (exact) mass is 213 g/mol. The van der Waals surface area contributed by atoms with Gasteiger partial charge in [0.2, 0.25) is 0 Å². The molecule has 14 heavy (non-hydrogen) atoms. The Morgan fingerprint density at radius 3 is 3.00 bits per heavy atom. The highest BCUT2D eigenvalue weighted by Gasteiger charge is 2.00. The normalized spacial score (nSPS) is 13.1. The zero-order valence-corrected chi connectivity index (χ0v) is 9.76. The first kappa shape index (κ1) is 11.6. The van der Waals surface area contributed by atoms with Crippen molar-refractivity contribution in [1.29, 1.82) is 0 Å². The van der Waals surface area contributed by atoms with Gasteiger partial charge in [0.05, 0.1) is 0 Å². The van der Waals surface area contributed by atoms with E-state index in [1.54, 1.807) is 0 Å². The number of thioether (sulfide) groups is 1. The Morgan fingerprint density at radius 1 is 1.64 bits per heavy atom. The highest BCUT2D eigenvalue weighted by atomic mass is 32.2. The Morgan fingerprint density at radius 2 is 2.43 bits per heavy atom. The lowest BCUT2D eigenvalue weighted by atomic mass is 10.3. The Balaban J connectivity index is 2.13. The predicted molar refractivity (Wildman–Crippen MR) is 62.6 cm³/mol. The molecule has 4 heteroatoms. The van der Waals surface area contributed by atoms with E-state index in [0.717, 1.165) is 30.3 Å². The number of aryl methyl sites for hydroxylation is 2. The average molecular weight is 213 g/mol. The highest BCUT2D eigenvalue weighted by Crippen LogP contribution is 2.06. The molecule has 0 aliphatic carbocycles. The van der Waals surface area contributed by atoms with Gasteiger partial charge in [-0.25, -0.2) is 4.98 Å². The van der Waals surface area contributed by atoms with Gasteiger partial charge in [0, 0.05) is 36.5 Å². The SMILES string of the molecule is CCC(N)CSCCn1ccnc1C. The number of hydrogen-bond acceptors (Lipinski definition) is 3. The fraction of sp³-hybridized carbons (Fsp3) is 0.700. The van der Waals surface area contributed by atoms with E-state index in [0.29, 0.717) is 6.04 Å². The van der Waals surface area contributed by atoms with Gasteiger partial charge in [-0.1, -0.05) is 6.92 Å². The fourth-order valence-corrected chi connectivity index (χ4v) is 2.19. The third kappa shape index (κ3) is 3.72. The van der Waals surface area contributed by atoms with Crippen molar-refractivity contribution in [1.82, 2.24) is 9.55 Å². The van der Waals surface area contributed by atoms with Gasteiger partial charge in [-0.3, -0.25) is 0 Å². The maximum atomic E-state index is 5.82. The summed E-state index contributed by atoms with van der Waals surface area (Å²) in [5, 5.41) is 0. The Bertz CT molecular complexity index is 260. The van der Waals surface area contributed by atoms with Crippen molar-refractivity contribution in [3.63, 3.8) is 0 Å². The third-order valence-corrected chi connectivity index (χ3v) is 3.39. The van der Waals surface area contributed by atoms with Crippen molar-refractivity contribution in [2.45, 2.75) is 32.9 Å². The summed E-state index contributed by atoms with van der Waals surface area (Å²) in [6.07, 6.45) is 4.94. The lowest BCUT2D eigenvalue weighted by Gasteiger charge is -2.08. The van der Waals surface area contributed by atoms with E-state index in [2.05, 4.69) is 16.5 Å². The summed E-state index contributed by atoms with van der Waals surface area (Å²) < 4.78 is 2.17. The van der Waals surface area contributed by atoms with Crippen LogP contribution in [0.25, 0.3) is 0 Å². The number of hydrogen-bond donors (Lipinski definition) is 1. The maximum Gasteiger partial charge on any atom is 0.105 e. The van der Waals surface area contributed by atoms with Crippen LogP contribution in [0.4, 0.5) is 0 Å². The van der Waals surface area contributed by atoms with Crippen molar-refractivity contribution < 1.29 is 0 Å². The minimum Gasteiger partial charge on any atom is -0.334 e. The van der Waals surface area contributed by atoms with Crippen LogP contribution in [0, 0.1) is 6.92 Å². The van der Waals surface area contributed by atoms with Crippen LogP contribution >= 0.6 is 11.8 Å². The van der Waals surface area contributed by atoms with Crippen LogP contribution in [0.2, 0.25) is 0 Å². The van der Waals surface area contributed by atoms with Crippen LogP contribution in [-0.4, -0.2) is 27.1 Å². The first-order chi connectivity index (χ1) is 6.74. The Hall–Kier alpha value is -0.480. The summed E-state index contributed by atoms with van der Waals surface area (Å²) >= 11 is 1.92. The lowest BCUT2D eigenvalue weighted by Crippen LogP contribution is -2.21. The minimum absolute atomic E-state index is 0.351. The van der Waals surface area contributed by atoms with E-state index in [-0.39, 0.29) is 0 Å². The molecule has 0 aliphatic rings. The number of nitrogens with two attached hydrogens (primary N) is 1. The van der Waals surface area contributed by atoms with E-state index >= 15 is 0 Å². The molecule has 1 rings (SSSR count). The van der Waals surface area contributed by atoms with Gasteiger partial charge >= 0.3 is 0 Å². The van der Waals surface area contributed by atoms with E-state index in [1.165, 1.54) is 0 Å². The summed E-state index contributed by atoms with van der Waals surface area (Å²) in [5.74, 6) is 3.26. The summed E-state index contributed by atoms with van der Waals surface area (Å²) in [6.45, 7) is 5.20. The van der Waals surface area contributed by atoms with Gasteiger partial charge in [0.1, 0.15) is 5.82 Å². The molecule has 0 saturated carbocycles. The molecule has 1 aromatic rings. The van der Waals surface area contributed by atoms with Crippen LogP contribution in [0.1, 0.15) is 19.2 Å². The molecule has 80 valence electrons. The molecule has 1 atom stereocenters. The number of imidazole rings is 1. The summed E-state index contributed by atoms with van der Waals surface area (Å²) in [6, 6.07) is 0.351. The van der Waals surface area contributed by atoms with E-state index in [1.807, 2.05) is 31.1 Å². The standard InChI is InChI=1S/C10H19N3S/c1-3-10(11)8-14-7-6-13-5-4-12-9(13)2/h4-5,10H,3,6-8,11H2,1-2H3. The highest BCUT2D eigenvalue weighted by molar-refractivity contribution is 7.99. The quantitative estimate of drug-likeness (QED) is 0.731. The average Bonchev–Trinajstić information content (AvgIpc) is 2.58. The Labute approximate surface area is 90.1 Å². The first-order valence-electron chi connectivity index (χ1n) is 5.05. The van der Waals surface area contributed by atoms with Crippen LogP contribution in [-0.2, 0) is 6.54 Å². The molecule has 0 aliphatic heterocycles. The fourth-order valence-electron chi connectivity index (χ4n) is 1.16.